The molecule has 506 valence electrons. The minimum atomic E-state index is -1.98. The van der Waals surface area contributed by atoms with E-state index in [0.717, 1.165) is 38.5 Å². The number of amides is 1. The Balaban J connectivity index is 1.38. The summed E-state index contributed by atoms with van der Waals surface area (Å²) >= 11 is 0. The number of nitrogens with one attached hydrogen (secondary N) is 1. The number of aliphatic hydroxyl groups excluding tert-OH is 11. The summed E-state index contributed by atoms with van der Waals surface area (Å²) < 4.78 is 34.3. The number of hydrogen-bond acceptors (Lipinski definition) is 18. The highest BCUT2D eigenvalue weighted by Gasteiger charge is 2.53. The standard InChI is InChI=1S/C67H125NO18/c1-3-5-7-9-11-13-15-16-17-18-19-20-21-22-23-24-25-26-27-28-29-30-31-32-33-34-35-36-38-40-42-44-51(72)50(68-55(73)45-43-41-39-37-14-12-10-8-6-4-2)49-81-65-61(79)58(76)63(53(47-70)83-65)86-67-62(80)59(77)64(54(48-71)84-67)85-66-60(78)57(75)56(74)52(46-69)82-66/h35-36,42,44,50-54,56-67,69-72,74-80H,3-34,37-41,43,45-49H2,1-2H3,(H,68,73)/b36-35+,44-42+. The fourth-order valence-corrected chi connectivity index (χ4v) is 11.9. The molecule has 0 aromatic heterocycles. The summed E-state index contributed by atoms with van der Waals surface area (Å²) in [6.07, 6.45) is 29.2. The van der Waals surface area contributed by atoms with Crippen LogP contribution in [0.1, 0.15) is 264 Å². The molecule has 19 nitrogen and oxygen atoms in total. The highest BCUT2D eigenvalue weighted by Crippen LogP contribution is 2.33. The van der Waals surface area contributed by atoms with Gasteiger partial charge in [-0.3, -0.25) is 4.79 Å². The highest BCUT2D eigenvalue weighted by atomic mass is 16.8. The monoisotopic (exact) mass is 1230 g/mol. The molecule has 3 saturated heterocycles. The highest BCUT2D eigenvalue weighted by molar-refractivity contribution is 5.76. The van der Waals surface area contributed by atoms with Crippen molar-refractivity contribution in [3.63, 3.8) is 0 Å². The fourth-order valence-electron chi connectivity index (χ4n) is 11.9. The molecule has 17 unspecified atom stereocenters. The van der Waals surface area contributed by atoms with E-state index in [1.54, 1.807) is 6.08 Å². The van der Waals surface area contributed by atoms with Gasteiger partial charge in [-0.15, -0.1) is 0 Å². The van der Waals surface area contributed by atoms with Crippen LogP contribution in [0.15, 0.2) is 24.3 Å². The zero-order valence-electron chi connectivity index (χ0n) is 53.3. The zero-order chi connectivity index (χ0) is 62.6. The summed E-state index contributed by atoms with van der Waals surface area (Å²) in [7, 11) is 0. The fraction of sp³-hybridized carbons (Fsp3) is 0.925. The molecule has 86 heavy (non-hydrogen) atoms. The quantitative estimate of drug-likeness (QED) is 0.0200. The van der Waals surface area contributed by atoms with Gasteiger partial charge in [-0.25, -0.2) is 0 Å². The van der Waals surface area contributed by atoms with Crippen molar-refractivity contribution in [1.82, 2.24) is 5.32 Å². The summed E-state index contributed by atoms with van der Waals surface area (Å²) in [4.78, 5) is 13.3. The normalized spacial score (nSPS) is 28.9. The molecule has 0 aromatic carbocycles. The molecular formula is C67H125NO18. The molecule has 12 N–H and O–H groups in total. The van der Waals surface area contributed by atoms with Gasteiger partial charge < -0.3 is 89.9 Å². The second-order valence-corrected chi connectivity index (χ2v) is 25.0. The molecule has 0 saturated carbocycles. The van der Waals surface area contributed by atoms with E-state index in [-0.39, 0.29) is 18.9 Å². The van der Waals surface area contributed by atoms with Crippen molar-refractivity contribution in [2.24, 2.45) is 0 Å². The molecule has 0 radical (unpaired) electrons. The van der Waals surface area contributed by atoms with E-state index < -0.39 is 124 Å². The summed E-state index contributed by atoms with van der Waals surface area (Å²) in [6, 6.07) is -0.985. The maximum Gasteiger partial charge on any atom is 0.220 e. The largest absolute Gasteiger partial charge is 0.394 e. The van der Waals surface area contributed by atoms with Crippen LogP contribution >= 0.6 is 0 Å². The Bertz CT molecular complexity index is 1660. The number of allylic oxidation sites excluding steroid dienone is 3. The molecule has 0 aliphatic carbocycles. The lowest BCUT2D eigenvalue weighted by Crippen LogP contribution is -2.66. The summed E-state index contributed by atoms with van der Waals surface area (Å²) in [5.74, 6) is -0.286. The number of hydrogen-bond donors (Lipinski definition) is 12. The Morgan fingerprint density at radius 1 is 0.407 bits per heavy atom. The van der Waals surface area contributed by atoms with Crippen LogP contribution < -0.4 is 5.32 Å². The molecule has 17 atom stereocenters. The Hall–Kier alpha value is -1.73. The molecule has 0 aromatic rings. The average molecular weight is 1230 g/mol. The number of aliphatic hydroxyl groups is 11. The molecule has 0 spiro atoms. The van der Waals surface area contributed by atoms with Gasteiger partial charge in [0.25, 0.3) is 0 Å². The van der Waals surface area contributed by atoms with Crippen LogP contribution in [0.2, 0.25) is 0 Å². The van der Waals surface area contributed by atoms with Gasteiger partial charge in [0.2, 0.25) is 5.91 Å². The Morgan fingerprint density at radius 3 is 1.16 bits per heavy atom. The first-order chi connectivity index (χ1) is 41.8. The van der Waals surface area contributed by atoms with E-state index >= 15 is 0 Å². The molecule has 19 heteroatoms. The van der Waals surface area contributed by atoms with E-state index in [2.05, 4.69) is 31.3 Å². The Kier molecular flexibility index (Phi) is 45.6. The van der Waals surface area contributed by atoms with Gasteiger partial charge in [-0.1, -0.05) is 250 Å². The summed E-state index contributed by atoms with van der Waals surface area (Å²) in [5, 5.41) is 120. The SMILES string of the molecule is CCCCCCCCCCCCCCCCCCCCCCCCCCC/C=C/CC/C=C/C(O)C(COC1OC(CO)C(OC2OC(CO)C(OC3OC(CO)C(O)C(O)C3O)C(O)C2O)C(O)C1O)NC(=O)CCCCCCCCCCCC. The number of carbonyl (C=O) groups excluding carboxylic acids is 1. The van der Waals surface area contributed by atoms with Crippen LogP contribution in [0.5, 0.6) is 0 Å². The van der Waals surface area contributed by atoms with Gasteiger partial charge in [0.05, 0.1) is 38.6 Å². The topological polar surface area (TPSA) is 307 Å². The van der Waals surface area contributed by atoms with Crippen molar-refractivity contribution in [3.8, 4) is 0 Å². The van der Waals surface area contributed by atoms with Crippen LogP contribution in [0.25, 0.3) is 0 Å². The third-order valence-corrected chi connectivity index (χ3v) is 17.5. The molecule has 3 aliphatic heterocycles. The molecule has 0 bridgehead atoms. The minimum Gasteiger partial charge on any atom is -0.394 e. The molecule has 1 amide bonds. The predicted octanol–water partition coefficient (Wildman–Crippen LogP) is 8.66. The van der Waals surface area contributed by atoms with Crippen LogP contribution in [0.3, 0.4) is 0 Å². The first kappa shape index (κ1) is 78.5. The van der Waals surface area contributed by atoms with Crippen LogP contribution in [0, 0.1) is 0 Å². The number of ether oxygens (including phenoxy) is 6. The number of carbonyl (C=O) groups is 1. The summed E-state index contributed by atoms with van der Waals surface area (Å²) in [5.41, 5.74) is 0. The first-order valence-electron chi connectivity index (χ1n) is 34.6. The third-order valence-electron chi connectivity index (χ3n) is 17.5. The smallest absolute Gasteiger partial charge is 0.220 e. The Morgan fingerprint density at radius 2 is 0.744 bits per heavy atom. The van der Waals surface area contributed by atoms with Gasteiger partial charge in [0.15, 0.2) is 18.9 Å². The molecule has 3 heterocycles. The predicted molar refractivity (Wildman–Crippen MR) is 333 cm³/mol. The van der Waals surface area contributed by atoms with Crippen LogP contribution in [-0.4, -0.2) is 193 Å². The molecule has 3 aliphatic rings. The number of unbranched alkanes of at least 4 members (excludes halogenated alkanes) is 35. The molecule has 3 fully saturated rings. The van der Waals surface area contributed by atoms with Crippen LogP contribution in [-0.2, 0) is 33.2 Å². The second kappa shape index (κ2) is 49.9. The van der Waals surface area contributed by atoms with Crippen molar-refractivity contribution in [1.29, 1.82) is 0 Å². The number of rotatable bonds is 53. The lowest BCUT2D eigenvalue weighted by molar-refractivity contribution is -0.379. The second-order valence-electron chi connectivity index (χ2n) is 25.0. The van der Waals surface area contributed by atoms with E-state index in [9.17, 15) is 61.0 Å². The van der Waals surface area contributed by atoms with Gasteiger partial charge in [-0.2, -0.15) is 0 Å². The van der Waals surface area contributed by atoms with E-state index in [1.807, 2.05) is 6.08 Å². The lowest BCUT2D eigenvalue weighted by atomic mass is 9.96. The molecular weight excluding hydrogens is 1110 g/mol. The minimum absolute atomic E-state index is 0.238. The van der Waals surface area contributed by atoms with Crippen molar-refractivity contribution in [2.45, 2.75) is 369 Å². The van der Waals surface area contributed by atoms with Gasteiger partial charge in [0.1, 0.15) is 73.2 Å². The van der Waals surface area contributed by atoms with Crippen molar-refractivity contribution in [2.75, 3.05) is 26.4 Å². The van der Waals surface area contributed by atoms with Gasteiger partial charge in [0, 0.05) is 6.42 Å². The van der Waals surface area contributed by atoms with Crippen molar-refractivity contribution < 1.29 is 89.4 Å². The van der Waals surface area contributed by atoms with Gasteiger partial charge in [-0.05, 0) is 32.1 Å². The maximum absolute atomic E-state index is 13.3. The maximum atomic E-state index is 13.3. The first-order valence-corrected chi connectivity index (χ1v) is 34.6. The van der Waals surface area contributed by atoms with Crippen molar-refractivity contribution >= 4 is 5.91 Å². The van der Waals surface area contributed by atoms with E-state index in [0.29, 0.717) is 12.8 Å². The van der Waals surface area contributed by atoms with Crippen LogP contribution in [0.4, 0.5) is 0 Å². The van der Waals surface area contributed by atoms with E-state index in [1.165, 1.54) is 193 Å². The van der Waals surface area contributed by atoms with E-state index in [4.69, 9.17) is 28.4 Å². The van der Waals surface area contributed by atoms with Gasteiger partial charge >= 0.3 is 0 Å². The Labute approximate surface area is 518 Å². The van der Waals surface area contributed by atoms with Crippen molar-refractivity contribution in [3.05, 3.63) is 24.3 Å². The molecule has 3 rings (SSSR count). The lowest BCUT2D eigenvalue weighted by Gasteiger charge is -2.48. The zero-order valence-corrected chi connectivity index (χ0v) is 53.3. The summed E-state index contributed by atoms with van der Waals surface area (Å²) in [6.45, 7) is 1.71. The average Bonchev–Trinajstić information content (AvgIpc) is 1.67. The third kappa shape index (κ3) is 32.0.